The van der Waals surface area contributed by atoms with E-state index in [4.69, 9.17) is 5.73 Å². The summed E-state index contributed by atoms with van der Waals surface area (Å²) in [4.78, 5) is 15.8. The molecule has 3 aromatic rings. The molecule has 1 aromatic heterocycles. The van der Waals surface area contributed by atoms with Crippen LogP contribution in [-0.4, -0.2) is 21.1 Å². The first-order valence-electron chi connectivity index (χ1n) is 6.43. The normalized spacial score (nSPS) is 10.5. The Morgan fingerprint density at radius 1 is 1.09 bits per heavy atom. The highest BCUT2D eigenvalue weighted by atomic mass is 32.1. The van der Waals surface area contributed by atoms with Crippen LogP contribution in [-0.2, 0) is 0 Å². The Morgan fingerprint density at radius 3 is 2.64 bits per heavy atom. The van der Waals surface area contributed by atoms with Crippen molar-refractivity contribution < 1.29 is 15.0 Å². The van der Waals surface area contributed by atoms with Crippen molar-refractivity contribution in [1.29, 1.82) is 0 Å². The third kappa shape index (κ3) is 2.64. The molecule has 110 valence electrons. The highest BCUT2D eigenvalue weighted by Gasteiger charge is 2.12. The molecule has 0 aliphatic heterocycles. The largest absolute Gasteiger partial charge is 0.508 e. The lowest BCUT2D eigenvalue weighted by Crippen LogP contribution is -2.11. The van der Waals surface area contributed by atoms with Gasteiger partial charge in [-0.3, -0.25) is 4.79 Å². The average Bonchev–Trinajstić information content (AvgIpc) is 2.97. The minimum atomic E-state index is -0.692. The standard InChI is InChI=1S/C16H12N2O3S/c17-15(21)12-7-9(4-5-14(12)20)13-8-22-16(18-13)10-2-1-3-11(19)6-10/h1-8,19-20H,(H2,17,21). The van der Waals surface area contributed by atoms with Gasteiger partial charge in [0.25, 0.3) is 5.91 Å². The van der Waals surface area contributed by atoms with E-state index in [0.29, 0.717) is 11.3 Å². The van der Waals surface area contributed by atoms with E-state index in [9.17, 15) is 15.0 Å². The molecule has 0 unspecified atom stereocenters. The molecule has 0 spiro atoms. The van der Waals surface area contributed by atoms with E-state index in [1.165, 1.54) is 23.5 Å². The first kappa shape index (κ1) is 14.1. The molecule has 1 heterocycles. The molecule has 2 aromatic carbocycles. The topological polar surface area (TPSA) is 96.4 Å². The number of aromatic nitrogens is 1. The number of nitrogens with zero attached hydrogens (tertiary/aromatic N) is 1. The van der Waals surface area contributed by atoms with Crippen LogP contribution in [0.2, 0.25) is 0 Å². The molecule has 0 saturated heterocycles. The zero-order valence-corrected chi connectivity index (χ0v) is 12.2. The molecule has 3 rings (SSSR count). The number of benzene rings is 2. The first-order valence-corrected chi connectivity index (χ1v) is 7.30. The van der Waals surface area contributed by atoms with E-state index >= 15 is 0 Å². The van der Waals surface area contributed by atoms with Gasteiger partial charge < -0.3 is 15.9 Å². The first-order chi connectivity index (χ1) is 10.5. The molecule has 6 heteroatoms. The van der Waals surface area contributed by atoms with E-state index in [1.54, 1.807) is 24.3 Å². The zero-order chi connectivity index (χ0) is 15.7. The second-order valence-corrected chi connectivity index (χ2v) is 5.54. The second kappa shape index (κ2) is 5.50. The quantitative estimate of drug-likeness (QED) is 0.692. The average molecular weight is 312 g/mol. The number of amides is 1. The van der Waals surface area contributed by atoms with Crippen LogP contribution >= 0.6 is 11.3 Å². The number of primary amides is 1. The van der Waals surface area contributed by atoms with Crippen molar-refractivity contribution in [3.05, 3.63) is 53.4 Å². The van der Waals surface area contributed by atoms with Crippen LogP contribution in [0, 0.1) is 0 Å². The van der Waals surface area contributed by atoms with E-state index in [0.717, 1.165) is 10.6 Å². The third-order valence-corrected chi connectivity index (χ3v) is 4.05. The summed E-state index contributed by atoms with van der Waals surface area (Å²) < 4.78 is 0. The number of hydrogen-bond donors (Lipinski definition) is 3. The Balaban J connectivity index is 2.01. The zero-order valence-electron chi connectivity index (χ0n) is 11.4. The lowest BCUT2D eigenvalue weighted by atomic mass is 10.1. The van der Waals surface area contributed by atoms with Gasteiger partial charge in [0.1, 0.15) is 16.5 Å². The highest BCUT2D eigenvalue weighted by Crippen LogP contribution is 2.32. The number of nitrogens with two attached hydrogens (primary N) is 1. The van der Waals surface area contributed by atoms with E-state index in [-0.39, 0.29) is 17.1 Å². The number of phenolic OH excluding ortho intramolecular Hbond substituents is 1. The van der Waals surface area contributed by atoms with Gasteiger partial charge in [-0.2, -0.15) is 0 Å². The molecule has 0 aliphatic rings. The Hall–Kier alpha value is -2.86. The van der Waals surface area contributed by atoms with Gasteiger partial charge in [0, 0.05) is 16.5 Å². The minimum Gasteiger partial charge on any atom is -0.508 e. The molecular formula is C16H12N2O3S. The maximum atomic E-state index is 11.3. The van der Waals surface area contributed by atoms with Gasteiger partial charge in [0.2, 0.25) is 0 Å². The lowest BCUT2D eigenvalue weighted by Gasteiger charge is -2.03. The van der Waals surface area contributed by atoms with Crippen molar-refractivity contribution in [2.45, 2.75) is 0 Å². The fraction of sp³-hybridized carbons (Fsp3) is 0. The Bertz CT molecular complexity index is 858. The predicted molar refractivity (Wildman–Crippen MR) is 84.8 cm³/mol. The molecule has 0 aliphatic carbocycles. The fourth-order valence-electron chi connectivity index (χ4n) is 2.07. The Labute approximate surface area is 130 Å². The van der Waals surface area contributed by atoms with Gasteiger partial charge in [0.15, 0.2) is 0 Å². The number of aromatic hydroxyl groups is 2. The van der Waals surface area contributed by atoms with E-state index in [1.807, 2.05) is 11.4 Å². The SMILES string of the molecule is NC(=O)c1cc(-c2csc(-c3cccc(O)c3)n2)ccc1O. The third-order valence-electron chi connectivity index (χ3n) is 3.16. The number of hydrogen-bond acceptors (Lipinski definition) is 5. The molecule has 0 atom stereocenters. The van der Waals surface area contributed by atoms with Crippen molar-refractivity contribution in [2.75, 3.05) is 0 Å². The number of carbonyl (C=O) groups is 1. The summed E-state index contributed by atoms with van der Waals surface area (Å²) in [5, 5.41) is 21.7. The van der Waals surface area contributed by atoms with Gasteiger partial charge in [-0.15, -0.1) is 11.3 Å². The second-order valence-electron chi connectivity index (χ2n) is 4.68. The van der Waals surface area contributed by atoms with Crippen molar-refractivity contribution in [2.24, 2.45) is 5.73 Å². The minimum absolute atomic E-state index is 0.0596. The Morgan fingerprint density at radius 2 is 1.91 bits per heavy atom. The molecule has 0 fully saturated rings. The van der Waals surface area contributed by atoms with Gasteiger partial charge in [-0.05, 0) is 30.3 Å². The molecule has 4 N–H and O–H groups in total. The molecule has 0 radical (unpaired) electrons. The summed E-state index contributed by atoms with van der Waals surface area (Å²) in [7, 11) is 0. The number of phenols is 2. The van der Waals surface area contributed by atoms with Crippen LogP contribution in [0.25, 0.3) is 21.8 Å². The van der Waals surface area contributed by atoms with Gasteiger partial charge in [0.05, 0.1) is 11.3 Å². The van der Waals surface area contributed by atoms with E-state index in [2.05, 4.69) is 4.98 Å². The summed E-state index contributed by atoms with van der Waals surface area (Å²) in [6.07, 6.45) is 0. The number of rotatable bonds is 3. The van der Waals surface area contributed by atoms with Crippen LogP contribution in [0.5, 0.6) is 11.5 Å². The molecule has 0 saturated carbocycles. The van der Waals surface area contributed by atoms with Crippen LogP contribution < -0.4 is 5.73 Å². The monoisotopic (exact) mass is 312 g/mol. The van der Waals surface area contributed by atoms with E-state index < -0.39 is 5.91 Å². The Kier molecular flexibility index (Phi) is 3.52. The summed E-state index contributed by atoms with van der Waals surface area (Å²) in [6.45, 7) is 0. The maximum Gasteiger partial charge on any atom is 0.252 e. The van der Waals surface area contributed by atoms with Gasteiger partial charge >= 0.3 is 0 Å². The van der Waals surface area contributed by atoms with Gasteiger partial charge in [-0.25, -0.2) is 4.98 Å². The van der Waals surface area contributed by atoms with Gasteiger partial charge in [-0.1, -0.05) is 12.1 Å². The highest BCUT2D eigenvalue weighted by molar-refractivity contribution is 7.13. The number of thiazole rings is 1. The number of carbonyl (C=O) groups excluding carboxylic acids is 1. The van der Waals surface area contributed by atoms with Crippen molar-refractivity contribution in [3.8, 4) is 33.3 Å². The smallest absolute Gasteiger partial charge is 0.252 e. The van der Waals surface area contributed by atoms with Crippen molar-refractivity contribution in [1.82, 2.24) is 4.98 Å². The summed E-state index contributed by atoms with van der Waals surface area (Å²) in [5.41, 5.74) is 7.46. The van der Waals surface area contributed by atoms with Crippen molar-refractivity contribution >= 4 is 17.2 Å². The summed E-state index contributed by atoms with van der Waals surface area (Å²) in [5.74, 6) is -0.669. The molecular weight excluding hydrogens is 300 g/mol. The summed E-state index contributed by atoms with van der Waals surface area (Å²) >= 11 is 1.42. The lowest BCUT2D eigenvalue weighted by molar-refractivity contribution is 0.0998. The molecule has 1 amide bonds. The van der Waals surface area contributed by atoms with Crippen LogP contribution in [0.15, 0.2) is 47.8 Å². The molecule has 22 heavy (non-hydrogen) atoms. The molecule has 0 bridgehead atoms. The predicted octanol–water partition coefficient (Wildman–Crippen LogP) is 2.99. The van der Waals surface area contributed by atoms with Crippen molar-refractivity contribution in [3.63, 3.8) is 0 Å². The van der Waals surface area contributed by atoms with Crippen LogP contribution in [0.4, 0.5) is 0 Å². The molecule has 5 nitrogen and oxygen atoms in total. The fourth-order valence-corrected chi connectivity index (χ4v) is 2.90. The maximum absolute atomic E-state index is 11.3. The van der Waals surface area contributed by atoms with Crippen LogP contribution in [0.3, 0.4) is 0 Å². The summed E-state index contributed by atoms with van der Waals surface area (Å²) in [6, 6.07) is 11.4. The van der Waals surface area contributed by atoms with Crippen LogP contribution in [0.1, 0.15) is 10.4 Å².